The lowest BCUT2D eigenvalue weighted by Gasteiger charge is -2.10. The van der Waals surface area contributed by atoms with E-state index in [1.165, 1.54) is 14.0 Å². The minimum atomic E-state index is -0.207. The van der Waals surface area contributed by atoms with Gasteiger partial charge in [0.1, 0.15) is 5.75 Å². The van der Waals surface area contributed by atoms with Gasteiger partial charge < -0.3 is 10.1 Å². The number of ketones is 1. The summed E-state index contributed by atoms with van der Waals surface area (Å²) in [6, 6.07) is 12.0. The Balaban J connectivity index is 2.16. The van der Waals surface area contributed by atoms with E-state index in [4.69, 9.17) is 16.3 Å². The summed E-state index contributed by atoms with van der Waals surface area (Å²) in [6.07, 6.45) is 0.108. The molecule has 0 aliphatic heterocycles. The Kier molecular flexibility index (Phi) is 5.17. The number of hydrogen-bond acceptors (Lipinski definition) is 3. The van der Waals surface area contributed by atoms with Gasteiger partial charge in [-0.3, -0.25) is 9.59 Å². The highest BCUT2D eigenvalue weighted by Crippen LogP contribution is 2.22. The molecule has 0 radical (unpaired) electrons. The average Bonchev–Trinajstić information content (AvgIpc) is 2.47. The molecule has 0 aliphatic carbocycles. The third kappa shape index (κ3) is 4.09. The van der Waals surface area contributed by atoms with Crippen molar-refractivity contribution in [1.29, 1.82) is 0 Å². The van der Waals surface area contributed by atoms with E-state index in [0.717, 1.165) is 0 Å². The lowest BCUT2D eigenvalue weighted by Crippen LogP contribution is -2.15. The van der Waals surface area contributed by atoms with Crippen molar-refractivity contribution in [2.75, 3.05) is 12.4 Å². The number of anilines is 1. The van der Waals surface area contributed by atoms with Crippen molar-refractivity contribution >= 4 is 29.0 Å². The number of rotatable bonds is 5. The topological polar surface area (TPSA) is 55.4 Å². The molecule has 0 saturated carbocycles. The van der Waals surface area contributed by atoms with Crippen LogP contribution in [0.25, 0.3) is 0 Å². The normalized spacial score (nSPS) is 10.1. The van der Waals surface area contributed by atoms with Crippen LogP contribution in [0.2, 0.25) is 5.02 Å². The van der Waals surface area contributed by atoms with E-state index in [-0.39, 0.29) is 18.1 Å². The van der Waals surface area contributed by atoms with E-state index in [0.29, 0.717) is 27.6 Å². The van der Waals surface area contributed by atoms with E-state index in [9.17, 15) is 9.59 Å². The SMILES string of the molecule is COc1ccc(C(C)=O)cc1CC(=O)Nc1cccc(Cl)c1. The van der Waals surface area contributed by atoms with Crippen molar-refractivity contribution in [3.05, 3.63) is 58.6 Å². The van der Waals surface area contributed by atoms with Crippen LogP contribution in [0.5, 0.6) is 5.75 Å². The van der Waals surface area contributed by atoms with Crippen molar-refractivity contribution in [3.63, 3.8) is 0 Å². The molecule has 1 amide bonds. The van der Waals surface area contributed by atoms with Gasteiger partial charge in [-0.25, -0.2) is 0 Å². The van der Waals surface area contributed by atoms with E-state index in [1.807, 2.05) is 0 Å². The van der Waals surface area contributed by atoms with Gasteiger partial charge in [0, 0.05) is 21.8 Å². The summed E-state index contributed by atoms with van der Waals surface area (Å²) < 4.78 is 5.24. The fourth-order valence-corrected chi connectivity index (χ4v) is 2.27. The number of carbonyl (C=O) groups excluding carboxylic acids is 2. The molecule has 0 aromatic heterocycles. The molecule has 22 heavy (non-hydrogen) atoms. The zero-order valence-corrected chi connectivity index (χ0v) is 13.1. The van der Waals surface area contributed by atoms with Crippen LogP contribution in [0.1, 0.15) is 22.8 Å². The van der Waals surface area contributed by atoms with Crippen molar-refractivity contribution in [2.45, 2.75) is 13.3 Å². The third-order valence-electron chi connectivity index (χ3n) is 3.15. The van der Waals surface area contributed by atoms with Crippen LogP contribution in [-0.2, 0) is 11.2 Å². The van der Waals surface area contributed by atoms with Gasteiger partial charge in [-0.2, -0.15) is 0 Å². The minimum absolute atomic E-state index is 0.0563. The molecule has 4 nitrogen and oxygen atoms in total. The van der Waals surface area contributed by atoms with Gasteiger partial charge in [0.05, 0.1) is 13.5 Å². The quantitative estimate of drug-likeness (QED) is 0.855. The zero-order valence-electron chi connectivity index (χ0n) is 12.4. The Morgan fingerprint density at radius 1 is 1.18 bits per heavy atom. The Hall–Kier alpha value is -2.33. The number of ether oxygens (including phenoxy) is 1. The number of nitrogens with one attached hydrogen (secondary N) is 1. The predicted molar refractivity (Wildman–Crippen MR) is 86.8 cm³/mol. The standard InChI is InChI=1S/C17H16ClNO3/c1-11(20)12-6-7-16(22-2)13(8-12)9-17(21)19-15-5-3-4-14(18)10-15/h3-8,10H,9H2,1-2H3,(H,19,21). The Labute approximate surface area is 134 Å². The van der Waals surface area contributed by atoms with Crippen LogP contribution in [0.15, 0.2) is 42.5 Å². The molecule has 0 unspecified atom stereocenters. The smallest absolute Gasteiger partial charge is 0.228 e. The van der Waals surface area contributed by atoms with E-state index < -0.39 is 0 Å². The summed E-state index contributed by atoms with van der Waals surface area (Å²) >= 11 is 5.88. The molecule has 0 atom stereocenters. The molecule has 0 heterocycles. The van der Waals surface area contributed by atoms with Gasteiger partial charge in [-0.15, -0.1) is 0 Å². The molecule has 0 bridgehead atoms. The summed E-state index contributed by atoms with van der Waals surface area (Å²) in [6.45, 7) is 1.48. The molecule has 0 aliphatic rings. The van der Waals surface area contributed by atoms with Crippen LogP contribution in [0.4, 0.5) is 5.69 Å². The molecule has 0 spiro atoms. The monoisotopic (exact) mass is 317 g/mol. The van der Waals surface area contributed by atoms with E-state index in [1.54, 1.807) is 42.5 Å². The lowest BCUT2D eigenvalue weighted by atomic mass is 10.0. The molecular weight excluding hydrogens is 302 g/mol. The Morgan fingerprint density at radius 3 is 2.59 bits per heavy atom. The zero-order chi connectivity index (χ0) is 16.1. The van der Waals surface area contributed by atoms with Crippen LogP contribution in [0.3, 0.4) is 0 Å². The maximum Gasteiger partial charge on any atom is 0.228 e. The highest BCUT2D eigenvalue weighted by molar-refractivity contribution is 6.30. The maximum atomic E-state index is 12.1. The summed E-state index contributed by atoms with van der Waals surface area (Å²) in [7, 11) is 1.53. The second kappa shape index (κ2) is 7.09. The molecule has 114 valence electrons. The van der Waals surface area contributed by atoms with Crippen molar-refractivity contribution < 1.29 is 14.3 Å². The number of benzene rings is 2. The molecule has 2 aromatic carbocycles. The highest BCUT2D eigenvalue weighted by atomic mass is 35.5. The van der Waals surface area contributed by atoms with Crippen LogP contribution in [0, 0.1) is 0 Å². The molecule has 2 rings (SSSR count). The average molecular weight is 318 g/mol. The fraction of sp³-hybridized carbons (Fsp3) is 0.176. The minimum Gasteiger partial charge on any atom is -0.496 e. The lowest BCUT2D eigenvalue weighted by molar-refractivity contribution is -0.115. The van der Waals surface area contributed by atoms with Gasteiger partial charge in [0.15, 0.2) is 5.78 Å². The van der Waals surface area contributed by atoms with Crippen LogP contribution >= 0.6 is 11.6 Å². The van der Waals surface area contributed by atoms with Gasteiger partial charge >= 0.3 is 0 Å². The second-order valence-electron chi connectivity index (χ2n) is 4.82. The first-order valence-electron chi connectivity index (χ1n) is 6.73. The molecule has 1 N–H and O–H groups in total. The molecular formula is C17H16ClNO3. The summed E-state index contributed by atoms with van der Waals surface area (Å²) in [5.74, 6) is 0.312. The van der Waals surface area contributed by atoms with Crippen molar-refractivity contribution in [1.82, 2.24) is 0 Å². The number of Topliss-reactive ketones (excluding diaryl/α,β-unsaturated/α-hetero) is 1. The number of carbonyl (C=O) groups is 2. The molecule has 0 saturated heterocycles. The fourth-order valence-electron chi connectivity index (χ4n) is 2.08. The first-order valence-corrected chi connectivity index (χ1v) is 7.10. The first-order chi connectivity index (χ1) is 10.5. The summed E-state index contributed by atoms with van der Waals surface area (Å²) in [4.78, 5) is 23.6. The van der Waals surface area contributed by atoms with Crippen LogP contribution in [-0.4, -0.2) is 18.8 Å². The second-order valence-corrected chi connectivity index (χ2v) is 5.25. The largest absolute Gasteiger partial charge is 0.496 e. The molecule has 5 heteroatoms. The number of methoxy groups -OCH3 is 1. The Bertz CT molecular complexity index is 713. The third-order valence-corrected chi connectivity index (χ3v) is 3.38. The Morgan fingerprint density at radius 2 is 1.95 bits per heavy atom. The van der Waals surface area contributed by atoms with Gasteiger partial charge in [-0.05, 0) is 43.3 Å². The van der Waals surface area contributed by atoms with Crippen LogP contribution < -0.4 is 10.1 Å². The molecule has 2 aromatic rings. The molecule has 0 fully saturated rings. The predicted octanol–water partition coefficient (Wildman–Crippen LogP) is 3.73. The van der Waals surface area contributed by atoms with E-state index in [2.05, 4.69) is 5.32 Å². The van der Waals surface area contributed by atoms with Gasteiger partial charge in [0.2, 0.25) is 5.91 Å². The van der Waals surface area contributed by atoms with Crippen molar-refractivity contribution in [2.24, 2.45) is 0 Å². The van der Waals surface area contributed by atoms with Gasteiger partial charge in [0.25, 0.3) is 0 Å². The summed E-state index contributed by atoms with van der Waals surface area (Å²) in [5.41, 5.74) is 1.83. The first kappa shape index (κ1) is 16.0. The highest BCUT2D eigenvalue weighted by Gasteiger charge is 2.12. The van der Waals surface area contributed by atoms with Gasteiger partial charge in [-0.1, -0.05) is 17.7 Å². The summed E-state index contributed by atoms with van der Waals surface area (Å²) in [5, 5.41) is 3.32. The number of amides is 1. The maximum absolute atomic E-state index is 12.1. The van der Waals surface area contributed by atoms with E-state index >= 15 is 0 Å². The van der Waals surface area contributed by atoms with Crippen molar-refractivity contribution in [3.8, 4) is 5.75 Å². The number of halogens is 1. The number of hydrogen-bond donors (Lipinski definition) is 1.